The Balaban J connectivity index is 3.02. The molecule has 0 aliphatic heterocycles. The predicted octanol–water partition coefficient (Wildman–Crippen LogP) is 3.95. The summed E-state index contributed by atoms with van der Waals surface area (Å²) in [5, 5.41) is 14.1. The lowest BCUT2D eigenvalue weighted by Gasteiger charge is -2.16. The molecule has 1 unspecified atom stereocenters. The first-order valence-corrected chi connectivity index (χ1v) is 8.75. The lowest BCUT2D eigenvalue weighted by atomic mass is 9.99. The fraction of sp³-hybridized carbons (Fsp3) is 0.611. The van der Waals surface area contributed by atoms with E-state index in [1.807, 2.05) is 0 Å². The third-order valence-corrected chi connectivity index (χ3v) is 4.12. The molecule has 0 bridgehead atoms. The van der Waals surface area contributed by atoms with Gasteiger partial charge in [0.15, 0.2) is 11.5 Å². The Morgan fingerprint density at radius 3 is 2.52 bits per heavy atom. The van der Waals surface area contributed by atoms with E-state index in [-0.39, 0.29) is 17.0 Å². The number of hydrogen-bond donors (Lipinski definition) is 1. The average molecular weight is 352 g/mol. The number of nitrogens with zero attached hydrogens (tertiary/aromatic N) is 1. The zero-order chi connectivity index (χ0) is 18.8. The van der Waals surface area contributed by atoms with Gasteiger partial charge < -0.3 is 14.8 Å². The quantitative estimate of drug-likeness (QED) is 0.481. The van der Waals surface area contributed by atoms with E-state index in [2.05, 4.69) is 19.2 Å². The summed E-state index contributed by atoms with van der Waals surface area (Å²) in [6.07, 6.45) is 4.19. The van der Waals surface area contributed by atoms with E-state index in [0.717, 1.165) is 25.7 Å². The smallest absolute Gasteiger partial charge is 0.286 e. The zero-order valence-electron chi connectivity index (χ0n) is 15.5. The van der Waals surface area contributed by atoms with Gasteiger partial charge in [-0.25, -0.2) is 0 Å². The Bertz CT molecular complexity index is 589. The fourth-order valence-corrected chi connectivity index (χ4v) is 2.59. The zero-order valence-corrected chi connectivity index (χ0v) is 15.5. The van der Waals surface area contributed by atoms with Crippen LogP contribution < -0.4 is 14.8 Å². The molecule has 0 saturated heterocycles. The van der Waals surface area contributed by atoms with Crippen molar-refractivity contribution >= 4 is 11.6 Å². The second-order valence-corrected chi connectivity index (χ2v) is 5.84. The molecular weight excluding hydrogens is 324 g/mol. The molecule has 25 heavy (non-hydrogen) atoms. The lowest BCUT2D eigenvalue weighted by molar-refractivity contribution is -0.385. The summed E-state index contributed by atoms with van der Waals surface area (Å²) < 4.78 is 10.5. The van der Waals surface area contributed by atoms with E-state index in [9.17, 15) is 14.9 Å². The first-order valence-electron chi connectivity index (χ1n) is 8.75. The van der Waals surface area contributed by atoms with Crippen LogP contribution in [0.5, 0.6) is 11.5 Å². The third kappa shape index (κ3) is 5.92. The van der Waals surface area contributed by atoms with Gasteiger partial charge in [0, 0.05) is 12.6 Å². The summed E-state index contributed by atoms with van der Waals surface area (Å²) >= 11 is 0. The first-order chi connectivity index (χ1) is 12.0. The molecule has 1 amide bonds. The van der Waals surface area contributed by atoms with Gasteiger partial charge in [0.25, 0.3) is 11.6 Å². The van der Waals surface area contributed by atoms with Gasteiger partial charge in [-0.3, -0.25) is 14.9 Å². The van der Waals surface area contributed by atoms with Crippen molar-refractivity contribution in [1.29, 1.82) is 0 Å². The van der Waals surface area contributed by atoms with Crippen LogP contribution in [0.25, 0.3) is 0 Å². The molecule has 1 aromatic rings. The summed E-state index contributed by atoms with van der Waals surface area (Å²) in [6.45, 7) is 6.86. The first kappa shape index (κ1) is 20.7. The largest absolute Gasteiger partial charge is 0.493 e. The van der Waals surface area contributed by atoms with Crippen molar-refractivity contribution in [3.05, 3.63) is 27.8 Å². The molecule has 0 radical (unpaired) electrons. The van der Waals surface area contributed by atoms with Gasteiger partial charge in [0.2, 0.25) is 0 Å². The molecule has 0 aliphatic carbocycles. The molecule has 1 rings (SSSR count). The van der Waals surface area contributed by atoms with Crippen LogP contribution in [0.3, 0.4) is 0 Å². The van der Waals surface area contributed by atoms with Crippen molar-refractivity contribution in [1.82, 2.24) is 5.32 Å². The highest BCUT2D eigenvalue weighted by atomic mass is 16.6. The molecule has 140 valence electrons. The van der Waals surface area contributed by atoms with Gasteiger partial charge in [0.05, 0.1) is 24.7 Å². The van der Waals surface area contributed by atoms with Crippen molar-refractivity contribution in [3.8, 4) is 11.5 Å². The maximum Gasteiger partial charge on any atom is 0.286 e. The summed E-state index contributed by atoms with van der Waals surface area (Å²) in [4.78, 5) is 23.3. The van der Waals surface area contributed by atoms with E-state index >= 15 is 0 Å². The Morgan fingerprint density at radius 1 is 1.28 bits per heavy atom. The minimum Gasteiger partial charge on any atom is -0.493 e. The van der Waals surface area contributed by atoms with Crippen molar-refractivity contribution in [3.63, 3.8) is 0 Å². The molecule has 0 aromatic heterocycles. The second-order valence-electron chi connectivity index (χ2n) is 5.84. The number of nitro benzene ring substituents is 1. The SMILES string of the molecule is CCCCC(CC)CNC(=O)c1cc(OCC)c(OC)cc1[N+](=O)[O-]. The summed E-state index contributed by atoms with van der Waals surface area (Å²) in [7, 11) is 1.40. The lowest BCUT2D eigenvalue weighted by Crippen LogP contribution is -2.29. The number of hydrogen-bond acceptors (Lipinski definition) is 5. The summed E-state index contributed by atoms with van der Waals surface area (Å²) in [6, 6.07) is 2.61. The van der Waals surface area contributed by atoms with Crippen LogP contribution in [-0.2, 0) is 0 Å². The van der Waals surface area contributed by atoms with E-state index in [4.69, 9.17) is 9.47 Å². The molecule has 0 saturated carbocycles. The Kier molecular flexibility index (Phi) is 8.74. The molecule has 0 aliphatic rings. The van der Waals surface area contributed by atoms with Crippen LogP contribution in [-0.4, -0.2) is 31.1 Å². The van der Waals surface area contributed by atoms with Crippen LogP contribution in [0.2, 0.25) is 0 Å². The summed E-state index contributed by atoms with van der Waals surface area (Å²) in [5.74, 6) is 0.455. The summed E-state index contributed by atoms with van der Waals surface area (Å²) in [5.41, 5.74) is -0.306. The van der Waals surface area contributed by atoms with E-state index in [1.54, 1.807) is 6.92 Å². The monoisotopic (exact) mass is 352 g/mol. The number of ether oxygens (including phenoxy) is 2. The van der Waals surface area contributed by atoms with Gasteiger partial charge in [-0.05, 0) is 19.3 Å². The molecule has 1 N–H and O–H groups in total. The van der Waals surface area contributed by atoms with Crippen molar-refractivity contribution in [2.45, 2.75) is 46.5 Å². The highest BCUT2D eigenvalue weighted by Crippen LogP contribution is 2.34. The molecule has 7 nitrogen and oxygen atoms in total. The number of carbonyl (C=O) groups excluding carboxylic acids is 1. The highest BCUT2D eigenvalue weighted by Gasteiger charge is 2.25. The van der Waals surface area contributed by atoms with Crippen LogP contribution >= 0.6 is 0 Å². The van der Waals surface area contributed by atoms with Gasteiger partial charge in [-0.2, -0.15) is 0 Å². The number of nitro groups is 1. The molecule has 1 atom stereocenters. The highest BCUT2D eigenvalue weighted by molar-refractivity contribution is 5.99. The minimum atomic E-state index is -0.582. The van der Waals surface area contributed by atoms with E-state index in [1.165, 1.54) is 19.2 Å². The maximum atomic E-state index is 12.5. The number of methoxy groups -OCH3 is 1. The van der Waals surface area contributed by atoms with E-state index in [0.29, 0.717) is 24.8 Å². The van der Waals surface area contributed by atoms with Gasteiger partial charge in [0.1, 0.15) is 5.56 Å². The van der Waals surface area contributed by atoms with Gasteiger partial charge in [-0.15, -0.1) is 0 Å². The number of rotatable bonds is 11. The minimum absolute atomic E-state index is 0.0143. The van der Waals surface area contributed by atoms with Crippen molar-refractivity contribution in [2.75, 3.05) is 20.3 Å². The topological polar surface area (TPSA) is 90.7 Å². The molecule has 0 fully saturated rings. The number of benzene rings is 1. The third-order valence-electron chi connectivity index (χ3n) is 4.12. The number of carbonyl (C=O) groups is 1. The number of unbranched alkanes of at least 4 members (excludes halogenated alkanes) is 1. The standard InChI is InChI=1S/C18H28N2O5/c1-5-8-9-13(6-2)12-19-18(21)14-10-17(25-7-3)16(24-4)11-15(14)20(22)23/h10-11,13H,5-9,12H2,1-4H3,(H,19,21). The van der Waals surface area contributed by atoms with Crippen molar-refractivity contribution in [2.24, 2.45) is 5.92 Å². The van der Waals surface area contributed by atoms with Crippen LogP contribution in [0.4, 0.5) is 5.69 Å². The number of amides is 1. The van der Waals surface area contributed by atoms with Crippen LogP contribution in [0, 0.1) is 16.0 Å². The molecule has 1 aromatic carbocycles. The molecule has 0 heterocycles. The molecular formula is C18H28N2O5. The van der Waals surface area contributed by atoms with Crippen molar-refractivity contribution < 1.29 is 19.2 Å². The molecule has 7 heteroatoms. The average Bonchev–Trinajstić information content (AvgIpc) is 2.61. The van der Waals surface area contributed by atoms with Gasteiger partial charge in [-0.1, -0.05) is 33.1 Å². The fourth-order valence-electron chi connectivity index (χ4n) is 2.59. The second kappa shape index (κ2) is 10.5. The van der Waals surface area contributed by atoms with Crippen LogP contribution in [0.15, 0.2) is 12.1 Å². The predicted molar refractivity (Wildman–Crippen MR) is 96.5 cm³/mol. The Hall–Kier alpha value is -2.31. The maximum absolute atomic E-state index is 12.5. The normalized spacial score (nSPS) is 11.7. The van der Waals surface area contributed by atoms with Gasteiger partial charge >= 0.3 is 0 Å². The van der Waals surface area contributed by atoms with Crippen LogP contribution in [0.1, 0.15) is 56.8 Å². The Morgan fingerprint density at radius 2 is 2.00 bits per heavy atom. The Labute approximate surface area is 148 Å². The number of nitrogens with one attached hydrogen (secondary N) is 1. The molecule has 0 spiro atoms. The van der Waals surface area contributed by atoms with E-state index < -0.39 is 10.8 Å².